The Kier molecular flexibility index (Phi) is 5.31. The van der Waals surface area contributed by atoms with Gasteiger partial charge in [0.05, 0.1) is 18.2 Å². The van der Waals surface area contributed by atoms with E-state index in [1.807, 2.05) is 0 Å². The molecule has 0 radical (unpaired) electrons. The fourth-order valence-electron chi connectivity index (χ4n) is 2.54. The quantitative estimate of drug-likeness (QED) is 0.570. The maximum atomic E-state index is 12.7. The number of nitrogens with one attached hydrogen (secondary N) is 1. The third kappa shape index (κ3) is 4.21. The molecule has 3 heterocycles. The van der Waals surface area contributed by atoms with E-state index in [-0.39, 0.29) is 12.1 Å². The number of imidazole rings is 1. The van der Waals surface area contributed by atoms with Crippen LogP contribution in [0.15, 0.2) is 61.6 Å². The Balaban J connectivity index is 1.84. The average Bonchev–Trinajstić information content (AvgIpc) is 3.18. The number of amides is 2. The fourth-order valence-corrected chi connectivity index (χ4v) is 2.54. The second-order valence-corrected chi connectivity index (χ2v) is 5.67. The summed E-state index contributed by atoms with van der Waals surface area (Å²) in [6.07, 6.45) is 9.22. The molecule has 0 aliphatic rings. The summed E-state index contributed by atoms with van der Waals surface area (Å²) in [6, 6.07) is 5.74. The second kappa shape index (κ2) is 8.00. The number of aromatic nitrogens is 4. The Morgan fingerprint density at radius 1 is 1.04 bits per heavy atom. The van der Waals surface area contributed by atoms with E-state index in [0.29, 0.717) is 11.3 Å². The van der Waals surface area contributed by atoms with Crippen molar-refractivity contribution in [3.05, 3.63) is 72.8 Å². The minimum atomic E-state index is -1.12. The van der Waals surface area contributed by atoms with Gasteiger partial charge in [-0.2, -0.15) is 0 Å². The molecule has 1 atom stereocenters. The van der Waals surface area contributed by atoms with E-state index in [9.17, 15) is 14.4 Å². The molecule has 27 heavy (non-hydrogen) atoms. The van der Waals surface area contributed by atoms with E-state index >= 15 is 0 Å². The van der Waals surface area contributed by atoms with Gasteiger partial charge >= 0.3 is 0 Å². The second-order valence-electron chi connectivity index (χ2n) is 5.67. The van der Waals surface area contributed by atoms with E-state index in [0.717, 1.165) is 0 Å². The summed E-state index contributed by atoms with van der Waals surface area (Å²) >= 11 is 0. The average molecular weight is 364 g/mol. The maximum Gasteiger partial charge on any atom is 0.287 e. The number of hydrogen-bond donors (Lipinski definition) is 2. The molecule has 0 aromatic carbocycles. The number of primary amides is 1. The number of carbonyl (C=O) groups excluding carboxylic acids is 3. The SMILES string of the molecule is NC(=O)C(=O)C(Cc1cccnc1)NC(=O)c1cncn1-c1ccncc1. The highest BCUT2D eigenvalue weighted by molar-refractivity contribution is 6.38. The lowest BCUT2D eigenvalue weighted by Crippen LogP contribution is -2.47. The van der Waals surface area contributed by atoms with E-state index in [1.165, 1.54) is 12.5 Å². The zero-order valence-corrected chi connectivity index (χ0v) is 14.1. The molecule has 0 spiro atoms. The van der Waals surface area contributed by atoms with Crippen LogP contribution in [0.25, 0.3) is 5.69 Å². The molecule has 0 saturated heterocycles. The topological polar surface area (TPSA) is 133 Å². The third-order valence-electron chi connectivity index (χ3n) is 3.84. The van der Waals surface area contributed by atoms with Gasteiger partial charge in [0.2, 0.25) is 5.78 Å². The molecule has 3 aromatic rings. The van der Waals surface area contributed by atoms with Crippen LogP contribution in [0.4, 0.5) is 0 Å². The molecule has 3 rings (SSSR count). The van der Waals surface area contributed by atoms with Crippen molar-refractivity contribution in [2.45, 2.75) is 12.5 Å². The molecule has 9 nitrogen and oxygen atoms in total. The smallest absolute Gasteiger partial charge is 0.287 e. The zero-order valence-electron chi connectivity index (χ0n) is 14.1. The first-order valence-electron chi connectivity index (χ1n) is 8.02. The number of carbonyl (C=O) groups is 3. The molecule has 3 N–H and O–H groups in total. The largest absolute Gasteiger partial charge is 0.363 e. The molecule has 0 aliphatic heterocycles. The van der Waals surface area contributed by atoms with Crippen molar-refractivity contribution in [1.82, 2.24) is 24.8 Å². The monoisotopic (exact) mass is 364 g/mol. The number of hydrogen-bond acceptors (Lipinski definition) is 6. The van der Waals surface area contributed by atoms with E-state index in [4.69, 9.17) is 5.73 Å². The summed E-state index contributed by atoms with van der Waals surface area (Å²) in [6.45, 7) is 0. The van der Waals surface area contributed by atoms with Crippen LogP contribution in [-0.4, -0.2) is 43.2 Å². The highest BCUT2D eigenvalue weighted by atomic mass is 16.2. The molecule has 0 fully saturated rings. The first kappa shape index (κ1) is 17.9. The highest BCUT2D eigenvalue weighted by Gasteiger charge is 2.27. The Labute approximate surface area is 154 Å². The minimum Gasteiger partial charge on any atom is -0.363 e. The standard InChI is InChI=1S/C18H16N6O3/c19-17(26)16(25)14(8-12-2-1-5-21-9-12)23-18(27)15-10-22-11-24(15)13-3-6-20-7-4-13/h1-7,9-11,14H,8H2,(H2,19,26)(H,23,27). The van der Waals surface area contributed by atoms with Gasteiger partial charge < -0.3 is 11.1 Å². The Morgan fingerprint density at radius 2 is 1.81 bits per heavy atom. The Hall–Kier alpha value is -3.88. The number of nitrogens with two attached hydrogens (primary N) is 1. The molecule has 0 saturated carbocycles. The molecule has 2 amide bonds. The predicted octanol–water partition coefficient (Wildman–Crippen LogP) is 0.0578. The van der Waals surface area contributed by atoms with Crippen LogP contribution in [0.5, 0.6) is 0 Å². The van der Waals surface area contributed by atoms with Gasteiger partial charge in [-0.25, -0.2) is 4.98 Å². The lowest BCUT2D eigenvalue weighted by molar-refractivity contribution is -0.137. The summed E-state index contributed by atoms with van der Waals surface area (Å²) in [4.78, 5) is 48.1. The summed E-state index contributed by atoms with van der Waals surface area (Å²) in [7, 11) is 0. The number of rotatable bonds is 7. The molecular weight excluding hydrogens is 348 g/mol. The molecule has 0 aliphatic carbocycles. The summed E-state index contributed by atoms with van der Waals surface area (Å²) in [5, 5.41) is 2.57. The van der Waals surface area contributed by atoms with Gasteiger partial charge in [0.1, 0.15) is 11.7 Å². The van der Waals surface area contributed by atoms with Gasteiger partial charge in [-0.3, -0.25) is 28.9 Å². The van der Waals surface area contributed by atoms with Crippen LogP contribution in [0, 0.1) is 0 Å². The summed E-state index contributed by atoms with van der Waals surface area (Å²) in [5.41, 5.74) is 6.69. The van der Waals surface area contributed by atoms with Crippen molar-refractivity contribution in [1.29, 1.82) is 0 Å². The van der Waals surface area contributed by atoms with E-state index < -0.39 is 23.6 Å². The van der Waals surface area contributed by atoms with Crippen LogP contribution in [0.1, 0.15) is 16.1 Å². The van der Waals surface area contributed by atoms with Crippen molar-refractivity contribution in [2.24, 2.45) is 5.73 Å². The van der Waals surface area contributed by atoms with Crippen molar-refractivity contribution in [2.75, 3.05) is 0 Å². The lowest BCUT2D eigenvalue weighted by Gasteiger charge is -2.17. The van der Waals surface area contributed by atoms with E-state index in [1.54, 1.807) is 53.6 Å². The van der Waals surface area contributed by atoms with Crippen molar-refractivity contribution in [3.63, 3.8) is 0 Å². The minimum absolute atomic E-state index is 0.0880. The van der Waals surface area contributed by atoms with Crippen molar-refractivity contribution in [3.8, 4) is 5.69 Å². The molecular formula is C18H16N6O3. The van der Waals surface area contributed by atoms with Crippen LogP contribution < -0.4 is 11.1 Å². The number of ketones is 1. The normalized spacial score (nSPS) is 11.6. The van der Waals surface area contributed by atoms with Crippen molar-refractivity contribution < 1.29 is 14.4 Å². The fraction of sp³-hybridized carbons (Fsp3) is 0.111. The van der Waals surface area contributed by atoms with Gasteiger partial charge in [-0.1, -0.05) is 6.07 Å². The number of Topliss-reactive ketones (excluding diaryl/α,β-unsaturated/α-hetero) is 1. The third-order valence-corrected chi connectivity index (χ3v) is 3.84. The Morgan fingerprint density at radius 3 is 2.48 bits per heavy atom. The first-order chi connectivity index (χ1) is 13.1. The molecule has 9 heteroatoms. The molecule has 136 valence electrons. The number of nitrogens with zero attached hydrogens (tertiary/aromatic N) is 4. The molecule has 3 aromatic heterocycles. The zero-order chi connectivity index (χ0) is 19.2. The lowest BCUT2D eigenvalue weighted by atomic mass is 10.0. The molecule has 0 bridgehead atoms. The van der Waals surface area contributed by atoms with Gasteiger partial charge in [0, 0.05) is 31.2 Å². The van der Waals surface area contributed by atoms with Gasteiger partial charge in [0.15, 0.2) is 0 Å². The van der Waals surface area contributed by atoms with Gasteiger partial charge in [-0.05, 0) is 23.8 Å². The maximum absolute atomic E-state index is 12.7. The first-order valence-corrected chi connectivity index (χ1v) is 8.02. The Bertz CT molecular complexity index is 955. The van der Waals surface area contributed by atoms with Crippen LogP contribution in [0.2, 0.25) is 0 Å². The van der Waals surface area contributed by atoms with E-state index in [2.05, 4.69) is 20.3 Å². The van der Waals surface area contributed by atoms with Crippen molar-refractivity contribution >= 4 is 17.6 Å². The summed E-state index contributed by atoms with van der Waals surface area (Å²) in [5.74, 6) is -2.57. The summed E-state index contributed by atoms with van der Waals surface area (Å²) < 4.78 is 1.55. The van der Waals surface area contributed by atoms with Crippen LogP contribution >= 0.6 is 0 Å². The number of pyridine rings is 2. The predicted molar refractivity (Wildman–Crippen MR) is 94.8 cm³/mol. The van der Waals surface area contributed by atoms with Crippen LogP contribution in [-0.2, 0) is 16.0 Å². The molecule has 1 unspecified atom stereocenters. The van der Waals surface area contributed by atoms with Crippen LogP contribution in [0.3, 0.4) is 0 Å². The van der Waals surface area contributed by atoms with Gasteiger partial charge in [-0.15, -0.1) is 0 Å². The van der Waals surface area contributed by atoms with Gasteiger partial charge in [0.25, 0.3) is 11.8 Å². The highest BCUT2D eigenvalue weighted by Crippen LogP contribution is 2.11.